The third-order valence-corrected chi connectivity index (χ3v) is 5.08. The van der Waals surface area contributed by atoms with E-state index in [9.17, 15) is 0 Å². The van der Waals surface area contributed by atoms with Crippen LogP contribution in [0.25, 0.3) is 0 Å². The molecule has 0 aliphatic carbocycles. The Morgan fingerprint density at radius 2 is 1.76 bits per heavy atom. The van der Waals surface area contributed by atoms with Crippen molar-refractivity contribution < 1.29 is 9.47 Å². The van der Waals surface area contributed by atoms with Crippen LogP contribution in [0.15, 0.2) is 40.9 Å². The molecule has 0 aromatic heterocycles. The summed E-state index contributed by atoms with van der Waals surface area (Å²) in [7, 11) is 0. The van der Waals surface area contributed by atoms with Gasteiger partial charge in [-0.1, -0.05) is 44.0 Å². The molecule has 2 aromatic rings. The molecule has 0 N–H and O–H groups in total. The minimum absolute atomic E-state index is 0.141. The van der Waals surface area contributed by atoms with Crippen molar-refractivity contribution in [3.63, 3.8) is 0 Å². The van der Waals surface area contributed by atoms with E-state index in [2.05, 4.69) is 69.1 Å². The molecular formula is C17H16Br2O2. The van der Waals surface area contributed by atoms with Gasteiger partial charge in [-0.15, -0.1) is 0 Å². The first-order valence-electron chi connectivity index (χ1n) is 6.95. The topological polar surface area (TPSA) is 18.5 Å². The molecule has 1 aliphatic rings. The summed E-state index contributed by atoms with van der Waals surface area (Å²) in [4.78, 5) is 0.141. The number of halogens is 2. The lowest BCUT2D eigenvalue weighted by Gasteiger charge is -2.16. The van der Waals surface area contributed by atoms with Gasteiger partial charge >= 0.3 is 0 Å². The maximum absolute atomic E-state index is 5.77. The molecule has 4 heteroatoms. The van der Waals surface area contributed by atoms with Crippen molar-refractivity contribution >= 4 is 31.9 Å². The second-order valence-corrected chi connectivity index (χ2v) is 6.95. The van der Waals surface area contributed by atoms with Crippen molar-refractivity contribution in [3.8, 4) is 11.5 Å². The number of benzene rings is 2. The van der Waals surface area contributed by atoms with Crippen LogP contribution < -0.4 is 9.47 Å². The van der Waals surface area contributed by atoms with E-state index >= 15 is 0 Å². The zero-order valence-corrected chi connectivity index (χ0v) is 14.9. The van der Waals surface area contributed by atoms with Crippen molar-refractivity contribution in [2.45, 2.75) is 18.2 Å². The predicted octanol–water partition coefficient (Wildman–Crippen LogP) is 5.40. The fourth-order valence-electron chi connectivity index (χ4n) is 2.44. The third-order valence-electron chi connectivity index (χ3n) is 3.57. The average Bonchev–Trinajstić information content (AvgIpc) is 2.71. The minimum Gasteiger partial charge on any atom is -0.490 e. The Bertz CT molecular complexity index is 655. The highest BCUT2D eigenvalue weighted by molar-refractivity contribution is 9.10. The Labute approximate surface area is 141 Å². The maximum Gasteiger partial charge on any atom is 0.161 e. The van der Waals surface area contributed by atoms with Gasteiger partial charge in [0.05, 0.1) is 18.0 Å². The van der Waals surface area contributed by atoms with Gasteiger partial charge < -0.3 is 9.47 Å². The van der Waals surface area contributed by atoms with Crippen LogP contribution in [0.4, 0.5) is 0 Å². The summed E-state index contributed by atoms with van der Waals surface area (Å²) in [6.07, 6.45) is 0.924. The van der Waals surface area contributed by atoms with Crippen LogP contribution >= 0.6 is 31.9 Å². The van der Waals surface area contributed by atoms with Crippen LogP contribution in [0.2, 0.25) is 0 Å². The number of hydrogen-bond donors (Lipinski definition) is 0. The summed E-state index contributed by atoms with van der Waals surface area (Å²) in [6, 6.07) is 12.5. The van der Waals surface area contributed by atoms with E-state index in [0.29, 0.717) is 6.61 Å². The van der Waals surface area contributed by atoms with Gasteiger partial charge in [0.2, 0.25) is 0 Å². The highest BCUT2D eigenvalue weighted by Crippen LogP contribution is 2.38. The molecular weight excluding hydrogens is 396 g/mol. The summed E-state index contributed by atoms with van der Waals surface area (Å²) in [5, 5.41) is 0. The molecule has 2 aromatic carbocycles. The molecule has 0 saturated carbocycles. The Morgan fingerprint density at radius 3 is 2.52 bits per heavy atom. The number of alkyl halides is 1. The molecule has 3 rings (SSSR count). The first-order valence-corrected chi connectivity index (χ1v) is 8.65. The molecule has 110 valence electrons. The smallest absolute Gasteiger partial charge is 0.161 e. The van der Waals surface area contributed by atoms with Crippen molar-refractivity contribution in [1.82, 2.24) is 0 Å². The predicted molar refractivity (Wildman–Crippen MR) is 91.7 cm³/mol. The molecule has 0 fully saturated rings. The van der Waals surface area contributed by atoms with Crippen LogP contribution in [0, 0.1) is 6.92 Å². The van der Waals surface area contributed by atoms with Gasteiger partial charge in [0.15, 0.2) is 11.5 Å². The first kappa shape index (κ1) is 14.9. The zero-order valence-electron chi connectivity index (χ0n) is 11.7. The van der Waals surface area contributed by atoms with Crippen molar-refractivity contribution in [3.05, 3.63) is 57.6 Å². The molecule has 0 radical (unpaired) electrons. The molecule has 0 saturated heterocycles. The van der Waals surface area contributed by atoms with E-state index in [1.807, 2.05) is 6.07 Å². The molecule has 21 heavy (non-hydrogen) atoms. The molecule has 1 unspecified atom stereocenters. The fourth-order valence-corrected chi connectivity index (χ4v) is 3.71. The van der Waals surface area contributed by atoms with E-state index in [0.717, 1.165) is 29.0 Å². The summed E-state index contributed by atoms with van der Waals surface area (Å²) in [5.74, 6) is 1.67. The van der Waals surface area contributed by atoms with Crippen LogP contribution in [0.3, 0.4) is 0 Å². The molecule has 1 heterocycles. The lowest BCUT2D eigenvalue weighted by atomic mass is 10.0. The maximum atomic E-state index is 5.77. The van der Waals surface area contributed by atoms with E-state index in [1.54, 1.807) is 0 Å². The van der Waals surface area contributed by atoms with Crippen LogP contribution in [-0.2, 0) is 0 Å². The Hall–Kier alpha value is -1.00. The molecule has 1 atom stereocenters. The quantitative estimate of drug-likeness (QED) is 0.615. The number of hydrogen-bond acceptors (Lipinski definition) is 2. The fraction of sp³-hybridized carbons (Fsp3) is 0.294. The first-order chi connectivity index (χ1) is 10.1. The average molecular weight is 412 g/mol. The monoisotopic (exact) mass is 410 g/mol. The second-order valence-electron chi connectivity index (χ2n) is 5.12. The van der Waals surface area contributed by atoms with Crippen molar-refractivity contribution in [2.24, 2.45) is 0 Å². The Kier molecular flexibility index (Phi) is 4.55. The number of fused-ring (bicyclic) bond motifs is 1. The van der Waals surface area contributed by atoms with Gasteiger partial charge in [0.25, 0.3) is 0 Å². The largest absolute Gasteiger partial charge is 0.490 e. The number of ether oxygens (including phenoxy) is 2. The lowest BCUT2D eigenvalue weighted by molar-refractivity contribution is 0.297. The molecule has 1 aliphatic heterocycles. The van der Waals surface area contributed by atoms with E-state index in [1.165, 1.54) is 16.7 Å². The Balaban J connectivity index is 1.94. The highest BCUT2D eigenvalue weighted by atomic mass is 79.9. The van der Waals surface area contributed by atoms with Crippen LogP contribution in [0.1, 0.15) is 27.9 Å². The standard InChI is InChI=1S/C17H16Br2O2/c1-11-9-13(18)4-5-14(11)17(19)12-3-6-15-16(10-12)21-8-2-7-20-15/h3-6,9-10,17H,2,7-8H2,1H3. The van der Waals surface area contributed by atoms with E-state index in [-0.39, 0.29) is 4.83 Å². The summed E-state index contributed by atoms with van der Waals surface area (Å²) in [6.45, 7) is 3.55. The molecule has 2 nitrogen and oxygen atoms in total. The minimum atomic E-state index is 0.141. The van der Waals surface area contributed by atoms with Crippen LogP contribution in [-0.4, -0.2) is 13.2 Å². The Morgan fingerprint density at radius 1 is 1.00 bits per heavy atom. The molecule has 0 spiro atoms. The summed E-state index contributed by atoms with van der Waals surface area (Å²) >= 11 is 7.31. The van der Waals surface area contributed by atoms with Crippen molar-refractivity contribution in [1.29, 1.82) is 0 Å². The van der Waals surface area contributed by atoms with Gasteiger partial charge in [-0.25, -0.2) is 0 Å². The number of rotatable bonds is 2. The number of aryl methyl sites for hydroxylation is 1. The summed E-state index contributed by atoms with van der Waals surface area (Å²) < 4.78 is 12.6. The van der Waals surface area contributed by atoms with Crippen LogP contribution in [0.5, 0.6) is 11.5 Å². The summed E-state index contributed by atoms with van der Waals surface area (Å²) in [5.41, 5.74) is 3.68. The molecule has 0 amide bonds. The zero-order chi connectivity index (χ0) is 14.8. The van der Waals surface area contributed by atoms with E-state index in [4.69, 9.17) is 9.47 Å². The normalized spacial score (nSPS) is 15.4. The van der Waals surface area contributed by atoms with E-state index < -0.39 is 0 Å². The van der Waals surface area contributed by atoms with Crippen molar-refractivity contribution in [2.75, 3.05) is 13.2 Å². The van der Waals surface area contributed by atoms with Gasteiger partial charge in [0.1, 0.15) is 0 Å². The second kappa shape index (κ2) is 6.41. The van der Waals surface area contributed by atoms with Gasteiger partial charge in [-0.2, -0.15) is 0 Å². The van der Waals surface area contributed by atoms with Gasteiger partial charge in [0, 0.05) is 10.9 Å². The molecule has 0 bridgehead atoms. The SMILES string of the molecule is Cc1cc(Br)ccc1C(Br)c1ccc2c(c1)OCCCO2. The van der Waals surface area contributed by atoms with Gasteiger partial charge in [-0.3, -0.25) is 0 Å². The highest BCUT2D eigenvalue weighted by Gasteiger charge is 2.17. The van der Waals surface area contributed by atoms with Gasteiger partial charge in [-0.05, 0) is 47.9 Å². The lowest BCUT2D eigenvalue weighted by Crippen LogP contribution is -1.98. The third kappa shape index (κ3) is 3.27.